The fraction of sp³-hybridized carbons (Fsp3) is 0.381. The molecule has 2 aliphatic heterocycles. The van der Waals surface area contributed by atoms with Gasteiger partial charge in [-0.25, -0.2) is 0 Å². The van der Waals surface area contributed by atoms with Crippen LogP contribution in [0.1, 0.15) is 41.2 Å². The Kier molecular flexibility index (Phi) is 5.46. The number of fused-ring (bicyclic) bond motifs is 1. The summed E-state index contributed by atoms with van der Waals surface area (Å²) in [5.74, 6) is 1.73. The largest absolute Gasteiger partial charge is 0.493 e. The lowest BCUT2D eigenvalue weighted by atomic mass is 10.00. The van der Waals surface area contributed by atoms with E-state index in [1.807, 2.05) is 48.5 Å². The number of nitrogens with one attached hydrogen (secondary N) is 1. The Balaban J connectivity index is 1.47. The second kappa shape index (κ2) is 8.14. The molecule has 0 aromatic heterocycles. The van der Waals surface area contributed by atoms with Crippen LogP contribution < -0.4 is 10.1 Å². The third-order valence-corrected chi connectivity index (χ3v) is 6.05. The minimum atomic E-state index is -0.0258. The van der Waals surface area contributed by atoms with E-state index in [0.29, 0.717) is 12.7 Å². The van der Waals surface area contributed by atoms with Crippen LogP contribution in [0.3, 0.4) is 0 Å². The summed E-state index contributed by atoms with van der Waals surface area (Å²) in [5, 5.41) is 3.20. The van der Waals surface area contributed by atoms with E-state index >= 15 is 0 Å². The summed E-state index contributed by atoms with van der Waals surface area (Å²) in [6.45, 7) is 1.48. The minimum Gasteiger partial charge on any atom is -0.493 e. The Labute approximate surface area is 158 Å². The first-order chi connectivity index (χ1) is 12.8. The molecule has 1 N–H and O–H groups in total. The molecule has 26 heavy (non-hydrogen) atoms. The van der Waals surface area contributed by atoms with Crippen LogP contribution in [-0.2, 0) is 4.74 Å². The molecule has 136 valence electrons. The van der Waals surface area contributed by atoms with Crippen LogP contribution in [0.25, 0.3) is 0 Å². The van der Waals surface area contributed by atoms with Crippen LogP contribution in [0, 0.1) is 0 Å². The zero-order valence-corrected chi connectivity index (χ0v) is 15.5. The van der Waals surface area contributed by atoms with Crippen molar-refractivity contribution in [3.63, 3.8) is 0 Å². The lowest BCUT2D eigenvalue weighted by molar-refractivity contribution is 0.0921. The van der Waals surface area contributed by atoms with Gasteiger partial charge >= 0.3 is 0 Å². The quantitative estimate of drug-likeness (QED) is 0.802. The van der Waals surface area contributed by atoms with Crippen molar-refractivity contribution < 1.29 is 14.3 Å². The zero-order valence-electron chi connectivity index (χ0n) is 14.6. The van der Waals surface area contributed by atoms with Crippen LogP contribution in [0.5, 0.6) is 5.75 Å². The average molecular weight is 369 g/mol. The highest BCUT2D eigenvalue weighted by Gasteiger charge is 2.24. The SMILES string of the molecule is O=C(N[C@H]1CCOc2ccccc21)c1ccccc1SC[C@H]1CCCO1. The molecule has 0 radical (unpaired) electrons. The highest BCUT2D eigenvalue weighted by atomic mass is 32.2. The number of benzene rings is 2. The summed E-state index contributed by atoms with van der Waals surface area (Å²) in [4.78, 5) is 14.0. The molecule has 0 bridgehead atoms. The number of hydrogen-bond donors (Lipinski definition) is 1. The molecule has 1 fully saturated rings. The number of ether oxygens (including phenoxy) is 2. The van der Waals surface area contributed by atoms with E-state index in [4.69, 9.17) is 9.47 Å². The van der Waals surface area contributed by atoms with E-state index in [1.165, 1.54) is 0 Å². The highest BCUT2D eigenvalue weighted by molar-refractivity contribution is 7.99. The maximum absolute atomic E-state index is 12.9. The van der Waals surface area contributed by atoms with Crippen LogP contribution >= 0.6 is 11.8 Å². The molecular formula is C21H23NO3S. The second-order valence-corrected chi connectivity index (χ2v) is 7.71. The molecule has 2 aliphatic rings. The Morgan fingerprint density at radius 3 is 2.81 bits per heavy atom. The van der Waals surface area contributed by atoms with Gasteiger partial charge in [0.2, 0.25) is 0 Å². The van der Waals surface area contributed by atoms with Crippen molar-refractivity contribution in [3.05, 3.63) is 59.7 Å². The van der Waals surface area contributed by atoms with Crippen LogP contribution in [0.15, 0.2) is 53.4 Å². The Morgan fingerprint density at radius 1 is 1.08 bits per heavy atom. The summed E-state index contributed by atoms with van der Waals surface area (Å²) < 4.78 is 11.4. The van der Waals surface area contributed by atoms with Gasteiger partial charge in [-0.05, 0) is 31.0 Å². The topological polar surface area (TPSA) is 47.6 Å². The van der Waals surface area contributed by atoms with Crippen molar-refractivity contribution in [3.8, 4) is 5.75 Å². The number of rotatable bonds is 5. The molecule has 0 aliphatic carbocycles. The summed E-state index contributed by atoms with van der Waals surface area (Å²) in [6, 6.07) is 15.7. The minimum absolute atomic E-state index is 0.0105. The number of amides is 1. The van der Waals surface area contributed by atoms with E-state index in [0.717, 1.165) is 53.4 Å². The predicted molar refractivity (Wildman–Crippen MR) is 103 cm³/mol. The highest BCUT2D eigenvalue weighted by Crippen LogP contribution is 2.32. The molecule has 1 saturated heterocycles. The molecule has 2 aromatic rings. The van der Waals surface area contributed by atoms with Gasteiger partial charge in [0, 0.05) is 29.2 Å². The summed E-state index contributed by atoms with van der Waals surface area (Å²) in [6.07, 6.45) is 3.34. The fourth-order valence-corrected chi connectivity index (χ4v) is 4.59. The van der Waals surface area contributed by atoms with Gasteiger partial charge in [-0.2, -0.15) is 0 Å². The van der Waals surface area contributed by atoms with Crippen molar-refractivity contribution in [2.45, 2.75) is 36.3 Å². The second-order valence-electron chi connectivity index (χ2n) is 6.64. The number of hydrogen-bond acceptors (Lipinski definition) is 4. The third kappa shape index (κ3) is 3.89. The predicted octanol–water partition coefficient (Wildman–Crippen LogP) is 4.21. The van der Waals surface area contributed by atoms with E-state index in [2.05, 4.69) is 5.32 Å². The van der Waals surface area contributed by atoms with Crippen molar-refractivity contribution in [2.75, 3.05) is 19.0 Å². The molecule has 4 rings (SSSR count). The zero-order chi connectivity index (χ0) is 17.8. The number of carbonyl (C=O) groups excluding carboxylic acids is 1. The smallest absolute Gasteiger partial charge is 0.252 e. The lowest BCUT2D eigenvalue weighted by Crippen LogP contribution is -2.32. The first-order valence-electron chi connectivity index (χ1n) is 9.17. The van der Waals surface area contributed by atoms with Gasteiger partial charge in [-0.15, -0.1) is 11.8 Å². The van der Waals surface area contributed by atoms with Gasteiger partial charge in [0.25, 0.3) is 5.91 Å². The van der Waals surface area contributed by atoms with Crippen LogP contribution in [-0.4, -0.2) is 31.0 Å². The molecule has 2 atom stereocenters. The lowest BCUT2D eigenvalue weighted by Gasteiger charge is -2.27. The Morgan fingerprint density at radius 2 is 1.92 bits per heavy atom. The monoisotopic (exact) mass is 369 g/mol. The molecule has 2 aromatic carbocycles. The maximum Gasteiger partial charge on any atom is 0.252 e. The normalized spacial score (nSPS) is 21.7. The number of carbonyl (C=O) groups is 1. The van der Waals surface area contributed by atoms with Gasteiger partial charge in [-0.1, -0.05) is 30.3 Å². The van der Waals surface area contributed by atoms with Crippen molar-refractivity contribution in [2.24, 2.45) is 0 Å². The third-order valence-electron chi connectivity index (χ3n) is 4.84. The van der Waals surface area contributed by atoms with Crippen molar-refractivity contribution >= 4 is 17.7 Å². The van der Waals surface area contributed by atoms with Crippen LogP contribution in [0.4, 0.5) is 0 Å². The summed E-state index contributed by atoms with van der Waals surface area (Å²) in [5.41, 5.74) is 1.79. The molecule has 0 spiro atoms. The van der Waals surface area contributed by atoms with Gasteiger partial charge in [0.15, 0.2) is 0 Å². The van der Waals surface area contributed by atoms with Gasteiger partial charge in [-0.3, -0.25) is 4.79 Å². The first-order valence-corrected chi connectivity index (χ1v) is 10.2. The van der Waals surface area contributed by atoms with Gasteiger partial charge in [0.1, 0.15) is 5.75 Å². The van der Waals surface area contributed by atoms with E-state index in [1.54, 1.807) is 11.8 Å². The van der Waals surface area contributed by atoms with Crippen molar-refractivity contribution in [1.29, 1.82) is 0 Å². The van der Waals surface area contributed by atoms with Crippen LogP contribution in [0.2, 0.25) is 0 Å². The molecule has 1 amide bonds. The average Bonchev–Trinajstić information content (AvgIpc) is 3.20. The van der Waals surface area contributed by atoms with E-state index < -0.39 is 0 Å². The first kappa shape index (κ1) is 17.4. The standard InChI is InChI=1S/C21H23NO3S/c23-21(22-18-11-13-25-19-9-3-1-7-16(18)19)17-8-2-4-10-20(17)26-14-15-6-5-12-24-15/h1-4,7-10,15,18H,5-6,11-14H2,(H,22,23)/t15-,18+/m1/s1. The molecule has 2 heterocycles. The molecular weight excluding hydrogens is 346 g/mol. The number of thioether (sulfide) groups is 1. The van der Waals surface area contributed by atoms with Gasteiger partial charge < -0.3 is 14.8 Å². The van der Waals surface area contributed by atoms with Gasteiger partial charge in [0.05, 0.1) is 24.3 Å². The molecule has 0 unspecified atom stereocenters. The number of para-hydroxylation sites is 1. The van der Waals surface area contributed by atoms with Crippen molar-refractivity contribution in [1.82, 2.24) is 5.32 Å². The molecule has 5 heteroatoms. The fourth-order valence-electron chi connectivity index (χ4n) is 3.47. The summed E-state index contributed by atoms with van der Waals surface area (Å²) >= 11 is 1.71. The maximum atomic E-state index is 12.9. The molecule has 0 saturated carbocycles. The Hall–Kier alpha value is -1.98. The summed E-state index contributed by atoms with van der Waals surface area (Å²) in [7, 11) is 0. The Bertz CT molecular complexity index is 773. The van der Waals surface area contributed by atoms with E-state index in [9.17, 15) is 4.79 Å². The molecule has 4 nitrogen and oxygen atoms in total. The van der Waals surface area contributed by atoms with E-state index in [-0.39, 0.29) is 11.9 Å².